The lowest BCUT2D eigenvalue weighted by atomic mass is 9.91. The van der Waals surface area contributed by atoms with Crippen molar-refractivity contribution in [2.45, 2.75) is 44.4 Å². The van der Waals surface area contributed by atoms with Crippen LogP contribution in [0.25, 0.3) is 0 Å². The van der Waals surface area contributed by atoms with Crippen molar-refractivity contribution >= 4 is 21.7 Å². The summed E-state index contributed by atoms with van der Waals surface area (Å²) >= 11 is 0. The van der Waals surface area contributed by atoms with Crippen LogP contribution in [0.2, 0.25) is 0 Å². The van der Waals surface area contributed by atoms with E-state index in [0.29, 0.717) is 12.8 Å². The average molecular weight is 291 g/mol. The lowest BCUT2D eigenvalue weighted by molar-refractivity contribution is -0.153. The van der Waals surface area contributed by atoms with Crippen LogP contribution in [-0.2, 0) is 19.4 Å². The standard InChI is InChI=1S/C12H21NO5S/c1-8-5-6-13(9(7-8)10(14)15)11(16)12(2,3)19(4,17)18/h8-9H,5-7H2,1-4H3,(H,14,15). The third-order valence-electron chi connectivity index (χ3n) is 3.85. The lowest BCUT2D eigenvalue weighted by Crippen LogP contribution is -2.57. The van der Waals surface area contributed by atoms with Crippen LogP contribution >= 0.6 is 0 Å². The number of hydrogen-bond acceptors (Lipinski definition) is 4. The van der Waals surface area contributed by atoms with Crippen molar-refractivity contribution in [1.82, 2.24) is 4.90 Å². The van der Waals surface area contributed by atoms with Crippen LogP contribution in [0.3, 0.4) is 0 Å². The van der Waals surface area contributed by atoms with E-state index in [9.17, 15) is 23.1 Å². The molecule has 0 aromatic heterocycles. The Balaban J connectivity index is 3.07. The summed E-state index contributed by atoms with van der Waals surface area (Å²) < 4.78 is 21.8. The van der Waals surface area contributed by atoms with E-state index in [0.717, 1.165) is 6.26 Å². The number of hydrogen-bond donors (Lipinski definition) is 1. The molecule has 19 heavy (non-hydrogen) atoms. The van der Waals surface area contributed by atoms with Gasteiger partial charge in [0.1, 0.15) is 10.8 Å². The Bertz CT molecular complexity index is 482. The maximum absolute atomic E-state index is 12.4. The van der Waals surface area contributed by atoms with Crippen LogP contribution in [-0.4, -0.2) is 53.9 Å². The van der Waals surface area contributed by atoms with Crippen LogP contribution < -0.4 is 0 Å². The van der Waals surface area contributed by atoms with E-state index in [1.807, 2.05) is 6.92 Å². The first-order valence-electron chi connectivity index (χ1n) is 6.22. The minimum atomic E-state index is -3.60. The minimum Gasteiger partial charge on any atom is -0.480 e. The van der Waals surface area contributed by atoms with Gasteiger partial charge in [-0.25, -0.2) is 13.2 Å². The highest BCUT2D eigenvalue weighted by Crippen LogP contribution is 2.27. The van der Waals surface area contributed by atoms with Crippen molar-refractivity contribution in [3.05, 3.63) is 0 Å². The Labute approximate surface area is 113 Å². The van der Waals surface area contributed by atoms with E-state index in [1.54, 1.807) is 0 Å². The molecule has 1 fully saturated rings. The normalized spacial score (nSPS) is 25.2. The van der Waals surface area contributed by atoms with Gasteiger partial charge in [-0.3, -0.25) is 4.79 Å². The SMILES string of the molecule is CC1CCN(C(=O)C(C)(C)S(C)(=O)=O)C(C(=O)O)C1. The largest absolute Gasteiger partial charge is 0.480 e. The second-order valence-corrected chi connectivity index (χ2v) is 8.33. The van der Waals surface area contributed by atoms with Crippen molar-refractivity contribution in [3.8, 4) is 0 Å². The van der Waals surface area contributed by atoms with Gasteiger partial charge in [0.05, 0.1) is 0 Å². The molecule has 0 aromatic rings. The second kappa shape index (κ2) is 5.11. The first kappa shape index (κ1) is 15.9. The monoisotopic (exact) mass is 291 g/mol. The molecule has 110 valence electrons. The van der Waals surface area contributed by atoms with E-state index in [-0.39, 0.29) is 12.5 Å². The topological polar surface area (TPSA) is 91.8 Å². The highest BCUT2D eigenvalue weighted by Gasteiger charge is 2.45. The zero-order valence-electron chi connectivity index (χ0n) is 11.7. The van der Waals surface area contributed by atoms with E-state index in [4.69, 9.17) is 0 Å². The smallest absolute Gasteiger partial charge is 0.326 e. The number of piperidine rings is 1. The predicted octanol–water partition coefficient (Wildman–Crippen LogP) is 0.521. The van der Waals surface area contributed by atoms with E-state index in [2.05, 4.69) is 0 Å². The number of nitrogens with zero attached hydrogens (tertiary/aromatic N) is 1. The van der Waals surface area contributed by atoms with E-state index < -0.39 is 32.5 Å². The average Bonchev–Trinajstić information content (AvgIpc) is 2.26. The number of sulfone groups is 1. The Morgan fingerprint density at radius 1 is 1.32 bits per heavy atom. The molecule has 1 rings (SSSR count). The van der Waals surface area contributed by atoms with Gasteiger partial charge in [-0.05, 0) is 32.6 Å². The first-order chi connectivity index (χ1) is 8.48. The number of carbonyl (C=O) groups is 2. The second-order valence-electron chi connectivity index (χ2n) is 5.76. The summed E-state index contributed by atoms with van der Waals surface area (Å²) in [7, 11) is -3.60. The highest BCUT2D eigenvalue weighted by atomic mass is 32.2. The Kier molecular flexibility index (Phi) is 4.29. The van der Waals surface area contributed by atoms with Crippen molar-refractivity contribution < 1.29 is 23.1 Å². The molecule has 1 aliphatic heterocycles. The van der Waals surface area contributed by atoms with Gasteiger partial charge in [0, 0.05) is 12.8 Å². The fourth-order valence-electron chi connectivity index (χ4n) is 2.12. The van der Waals surface area contributed by atoms with Crippen LogP contribution in [0, 0.1) is 5.92 Å². The fraction of sp³-hybridized carbons (Fsp3) is 0.833. The maximum Gasteiger partial charge on any atom is 0.326 e. The van der Waals surface area contributed by atoms with Crippen molar-refractivity contribution in [3.63, 3.8) is 0 Å². The third-order valence-corrected chi connectivity index (χ3v) is 5.88. The van der Waals surface area contributed by atoms with E-state index in [1.165, 1.54) is 18.7 Å². The van der Waals surface area contributed by atoms with Crippen LogP contribution in [0.15, 0.2) is 0 Å². The summed E-state index contributed by atoms with van der Waals surface area (Å²) in [5.74, 6) is -1.50. The maximum atomic E-state index is 12.4. The molecule has 0 spiro atoms. The summed E-state index contributed by atoms with van der Waals surface area (Å²) in [4.78, 5) is 24.8. The number of carboxylic acid groups (broad SMARTS) is 1. The molecule has 0 saturated carbocycles. The Morgan fingerprint density at radius 3 is 2.26 bits per heavy atom. The summed E-state index contributed by atoms with van der Waals surface area (Å²) in [5, 5.41) is 9.20. The number of likely N-dealkylation sites (tertiary alicyclic amines) is 1. The molecule has 1 aliphatic rings. The fourth-order valence-corrected chi connectivity index (χ4v) is 2.56. The van der Waals surface area contributed by atoms with Gasteiger partial charge in [0.15, 0.2) is 9.84 Å². The van der Waals surface area contributed by atoms with Gasteiger partial charge >= 0.3 is 5.97 Å². The first-order valence-corrected chi connectivity index (χ1v) is 8.11. The molecule has 0 aliphatic carbocycles. The van der Waals surface area contributed by atoms with Crippen LogP contribution in [0.1, 0.15) is 33.6 Å². The summed E-state index contributed by atoms with van der Waals surface area (Å²) in [5.41, 5.74) is 0. The summed E-state index contributed by atoms with van der Waals surface area (Å²) in [6.07, 6.45) is 2.05. The molecule has 1 saturated heterocycles. The number of rotatable bonds is 3. The van der Waals surface area contributed by atoms with Gasteiger partial charge in [-0.15, -0.1) is 0 Å². The molecule has 0 radical (unpaired) electrons. The molecule has 2 atom stereocenters. The van der Waals surface area contributed by atoms with Gasteiger partial charge < -0.3 is 10.0 Å². The number of amides is 1. The molecule has 6 nitrogen and oxygen atoms in total. The third kappa shape index (κ3) is 3.08. The zero-order chi connectivity index (χ0) is 15.0. The van der Waals surface area contributed by atoms with E-state index >= 15 is 0 Å². The van der Waals surface area contributed by atoms with Gasteiger partial charge in [0.2, 0.25) is 5.91 Å². The minimum absolute atomic E-state index is 0.214. The molecule has 7 heteroatoms. The molecule has 1 N–H and O–H groups in total. The Hall–Kier alpha value is -1.11. The highest BCUT2D eigenvalue weighted by molar-refractivity contribution is 7.92. The molecular formula is C12H21NO5S. The molecular weight excluding hydrogens is 270 g/mol. The molecule has 1 amide bonds. The van der Waals surface area contributed by atoms with Crippen molar-refractivity contribution in [2.24, 2.45) is 5.92 Å². The number of aliphatic carboxylic acids is 1. The van der Waals surface area contributed by atoms with Crippen molar-refractivity contribution in [1.29, 1.82) is 0 Å². The van der Waals surface area contributed by atoms with Crippen LogP contribution in [0.4, 0.5) is 0 Å². The number of carboxylic acids is 1. The van der Waals surface area contributed by atoms with Gasteiger partial charge in [-0.1, -0.05) is 6.92 Å². The molecule has 0 bridgehead atoms. The number of carbonyl (C=O) groups excluding carboxylic acids is 1. The summed E-state index contributed by atoms with van der Waals surface area (Å²) in [6, 6.07) is -0.933. The van der Waals surface area contributed by atoms with Crippen LogP contribution in [0.5, 0.6) is 0 Å². The van der Waals surface area contributed by atoms with Crippen molar-refractivity contribution in [2.75, 3.05) is 12.8 Å². The quantitative estimate of drug-likeness (QED) is 0.818. The molecule has 2 unspecified atom stereocenters. The molecule has 1 heterocycles. The summed E-state index contributed by atoms with van der Waals surface area (Å²) in [6.45, 7) is 4.86. The van der Waals surface area contributed by atoms with Gasteiger partial charge in [0.25, 0.3) is 0 Å². The predicted molar refractivity (Wildman–Crippen MR) is 70.5 cm³/mol. The lowest BCUT2D eigenvalue weighted by Gasteiger charge is -2.39. The molecule has 0 aromatic carbocycles. The zero-order valence-corrected chi connectivity index (χ0v) is 12.5. The Morgan fingerprint density at radius 2 is 1.84 bits per heavy atom. The van der Waals surface area contributed by atoms with Gasteiger partial charge in [-0.2, -0.15) is 0 Å².